The zero-order valence-corrected chi connectivity index (χ0v) is 21.7. The van der Waals surface area contributed by atoms with Crippen LogP contribution in [-0.4, -0.2) is 33.1 Å². The van der Waals surface area contributed by atoms with Gasteiger partial charge in [0, 0.05) is 17.7 Å². The smallest absolute Gasteiger partial charge is 0.337 e. The van der Waals surface area contributed by atoms with E-state index in [1.807, 2.05) is 37.3 Å². The maximum atomic E-state index is 13.1. The largest absolute Gasteiger partial charge is 0.465 e. The highest BCUT2D eigenvalue weighted by Gasteiger charge is 2.16. The molecule has 1 amide bonds. The van der Waals surface area contributed by atoms with Gasteiger partial charge in [0.25, 0.3) is 15.9 Å². The molecule has 38 heavy (non-hydrogen) atoms. The Kier molecular flexibility index (Phi) is 8.13. The minimum Gasteiger partial charge on any atom is -0.465 e. The van der Waals surface area contributed by atoms with Crippen molar-refractivity contribution in [3.8, 4) is 0 Å². The number of ether oxygens (including phenoxy) is 1. The van der Waals surface area contributed by atoms with E-state index in [0.717, 1.165) is 11.1 Å². The lowest BCUT2D eigenvalue weighted by Crippen LogP contribution is -2.13. The summed E-state index contributed by atoms with van der Waals surface area (Å²) in [5.41, 5.74) is 4.11. The first-order valence-corrected chi connectivity index (χ1v) is 13.2. The van der Waals surface area contributed by atoms with Crippen LogP contribution in [0.5, 0.6) is 0 Å². The molecule has 4 aromatic carbocycles. The van der Waals surface area contributed by atoms with Crippen molar-refractivity contribution in [1.29, 1.82) is 0 Å². The first kappa shape index (κ1) is 26.5. The molecule has 0 aromatic heterocycles. The normalized spacial score (nSPS) is 11.6. The number of methoxy groups -OCH3 is 1. The van der Waals surface area contributed by atoms with Crippen LogP contribution in [0.3, 0.4) is 0 Å². The minimum absolute atomic E-state index is 0.121. The molecule has 0 saturated heterocycles. The fourth-order valence-corrected chi connectivity index (χ4v) is 4.75. The third kappa shape index (κ3) is 6.60. The third-order valence-electron chi connectivity index (χ3n) is 5.81. The van der Waals surface area contributed by atoms with Crippen molar-refractivity contribution in [1.82, 2.24) is 0 Å². The molecule has 0 unspecified atom stereocenters. The fraction of sp³-hybridized carbons (Fsp3) is 0.100. The molecule has 0 aliphatic rings. The lowest BCUT2D eigenvalue weighted by atomic mass is 10.0. The zero-order chi connectivity index (χ0) is 27.1. The average molecular weight is 527 g/mol. The first-order chi connectivity index (χ1) is 18.2. The number of nitrogens with one attached hydrogen (secondary N) is 1. The number of amides is 1. The van der Waals surface area contributed by atoms with Crippen molar-refractivity contribution in [2.75, 3.05) is 12.4 Å². The monoisotopic (exact) mass is 526 g/mol. The number of sulfonamides is 1. The Hall–Kier alpha value is -4.56. The Balaban J connectivity index is 1.58. The van der Waals surface area contributed by atoms with Crippen LogP contribution >= 0.6 is 0 Å². The Morgan fingerprint density at radius 1 is 0.763 bits per heavy atom. The molecular formula is C30H26N2O5S. The van der Waals surface area contributed by atoms with E-state index in [2.05, 4.69) is 14.5 Å². The van der Waals surface area contributed by atoms with Crippen molar-refractivity contribution in [3.05, 3.63) is 131 Å². The molecule has 1 N–H and O–H groups in total. The third-order valence-corrected chi connectivity index (χ3v) is 7.14. The standard InChI is InChI=1S/C30H26N2O5S/c1-21-8-18-27(19-9-21)38(35,36)32-28(20-22-6-4-3-5-7-22)23-14-16-26(17-15-23)31-29(33)24-10-12-25(13-11-24)30(34)37-2/h3-19H,20H2,1-2H3,(H,31,33)/b32-28-. The van der Waals surface area contributed by atoms with Gasteiger partial charge in [0.2, 0.25) is 0 Å². The summed E-state index contributed by atoms with van der Waals surface area (Å²) in [7, 11) is -2.64. The molecule has 4 rings (SSSR count). The summed E-state index contributed by atoms with van der Waals surface area (Å²) in [5, 5.41) is 2.80. The van der Waals surface area contributed by atoms with Crippen LogP contribution in [0.2, 0.25) is 0 Å². The van der Waals surface area contributed by atoms with E-state index in [1.165, 1.54) is 31.4 Å². The van der Waals surface area contributed by atoms with Crippen LogP contribution < -0.4 is 5.32 Å². The summed E-state index contributed by atoms with van der Waals surface area (Å²) in [6.07, 6.45) is 0.310. The highest BCUT2D eigenvalue weighted by atomic mass is 32.2. The van der Waals surface area contributed by atoms with E-state index < -0.39 is 16.0 Å². The quantitative estimate of drug-likeness (QED) is 0.243. The molecule has 0 bridgehead atoms. The van der Waals surface area contributed by atoms with Gasteiger partial charge in [-0.25, -0.2) is 4.79 Å². The summed E-state index contributed by atoms with van der Waals surface area (Å²) in [6, 6.07) is 29.0. The van der Waals surface area contributed by atoms with Crippen molar-refractivity contribution in [2.45, 2.75) is 18.2 Å². The lowest BCUT2D eigenvalue weighted by molar-refractivity contribution is 0.0600. The number of esters is 1. The number of anilines is 1. The van der Waals surface area contributed by atoms with E-state index >= 15 is 0 Å². The highest BCUT2D eigenvalue weighted by molar-refractivity contribution is 7.90. The summed E-state index contributed by atoms with van der Waals surface area (Å²) in [5.74, 6) is -0.834. The molecule has 0 atom stereocenters. The number of nitrogens with zero attached hydrogens (tertiary/aromatic N) is 1. The Morgan fingerprint density at radius 2 is 1.34 bits per heavy atom. The van der Waals surface area contributed by atoms with Gasteiger partial charge >= 0.3 is 5.97 Å². The summed E-state index contributed by atoms with van der Waals surface area (Å²) in [4.78, 5) is 24.4. The minimum atomic E-state index is -3.94. The highest BCUT2D eigenvalue weighted by Crippen LogP contribution is 2.19. The van der Waals surface area contributed by atoms with Crippen LogP contribution in [0.15, 0.2) is 112 Å². The molecule has 8 heteroatoms. The van der Waals surface area contributed by atoms with Gasteiger partial charge in [-0.15, -0.1) is 0 Å². The number of benzene rings is 4. The van der Waals surface area contributed by atoms with Crippen LogP contribution in [0.25, 0.3) is 0 Å². The van der Waals surface area contributed by atoms with Gasteiger partial charge in [0.1, 0.15) is 0 Å². The molecule has 0 saturated carbocycles. The van der Waals surface area contributed by atoms with Crippen molar-refractivity contribution in [3.63, 3.8) is 0 Å². The second kappa shape index (κ2) is 11.7. The van der Waals surface area contributed by atoms with Crippen LogP contribution in [0, 0.1) is 6.92 Å². The Labute approximate surface area is 221 Å². The van der Waals surface area contributed by atoms with Gasteiger partial charge in [-0.3, -0.25) is 4.79 Å². The molecule has 0 aliphatic heterocycles. The number of hydrogen-bond acceptors (Lipinski definition) is 5. The van der Waals surface area contributed by atoms with Gasteiger partial charge < -0.3 is 10.1 Å². The van der Waals surface area contributed by atoms with Gasteiger partial charge in [-0.2, -0.15) is 12.8 Å². The van der Waals surface area contributed by atoms with Crippen LogP contribution in [0.1, 0.15) is 37.4 Å². The second-order valence-corrected chi connectivity index (χ2v) is 10.2. The predicted molar refractivity (Wildman–Crippen MR) is 147 cm³/mol. The molecule has 0 heterocycles. The first-order valence-electron chi connectivity index (χ1n) is 11.8. The Morgan fingerprint density at radius 3 is 1.95 bits per heavy atom. The van der Waals surface area contributed by atoms with Crippen molar-refractivity contribution < 1.29 is 22.7 Å². The molecule has 192 valence electrons. The van der Waals surface area contributed by atoms with Gasteiger partial charge in [0.05, 0.1) is 23.3 Å². The van der Waals surface area contributed by atoms with Gasteiger partial charge in [-0.1, -0.05) is 60.2 Å². The SMILES string of the molecule is COC(=O)c1ccc(C(=O)Nc2ccc(/C(Cc3ccccc3)=N\S(=O)(=O)c3ccc(C)cc3)cc2)cc1. The molecule has 4 aromatic rings. The van der Waals surface area contributed by atoms with E-state index in [4.69, 9.17) is 0 Å². The Bertz CT molecular complexity index is 1560. The topological polar surface area (TPSA) is 102 Å². The lowest BCUT2D eigenvalue weighted by Gasteiger charge is -2.10. The number of carbonyl (C=O) groups excluding carboxylic acids is 2. The number of hydrogen-bond donors (Lipinski definition) is 1. The molecule has 0 aliphatic carbocycles. The number of rotatable bonds is 8. The average Bonchev–Trinajstić information content (AvgIpc) is 2.93. The summed E-state index contributed by atoms with van der Waals surface area (Å²) < 4.78 is 35.1. The van der Waals surface area contributed by atoms with Crippen LogP contribution in [0.4, 0.5) is 5.69 Å². The van der Waals surface area contributed by atoms with E-state index in [0.29, 0.717) is 34.5 Å². The molecule has 0 radical (unpaired) electrons. The fourth-order valence-electron chi connectivity index (χ4n) is 3.71. The second-order valence-electron chi connectivity index (χ2n) is 8.59. The van der Waals surface area contributed by atoms with Gasteiger partial charge in [0.15, 0.2) is 0 Å². The molecular weight excluding hydrogens is 500 g/mol. The van der Waals surface area contributed by atoms with E-state index in [-0.39, 0.29) is 10.8 Å². The van der Waals surface area contributed by atoms with E-state index in [9.17, 15) is 18.0 Å². The maximum Gasteiger partial charge on any atom is 0.337 e. The molecule has 7 nitrogen and oxygen atoms in total. The molecule has 0 fully saturated rings. The summed E-state index contributed by atoms with van der Waals surface area (Å²) in [6.45, 7) is 1.89. The van der Waals surface area contributed by atoms with E-state index in [1.54, 1.807) is 48.5 Å². The maximum absolute atomic E-state index is 13.1. The molecule has 0 spiro atoms. The zero-order valence-electron chi connectivity index (χ0n) is 20.9. The predicted octanol–water partition coefficient (Wildman–Crippen LogP) is 5.45. The summed E-state index contributed by atoms with van der Waals surface area (Å²) >= 11 is 0. The number of aryl methyl sites for hydroxylation is 1. The number of carbonyl (C=O) groups is 2. The van der Waals surface area contributed by atoms with Crippen molar-refractivity contribution >= 4 is 33.3 Å². The van der Waals surface area contributed by atoms with Crippen molar-refractivity contribution in [2.24, 2.45) is 4.40 Å². The van der Waals surface area contributed by atoms with Crippen LogP contribution in [-0.2, 0) is 21.2 Å². The van der Waals surface area contributed by atoms with Gasteiger partial charge in [-0.05, 0) is 66.6 Å².